The fourth-order valence-corrected chi connectivity index (χ4v) is 3.14. The van der Waals surface area contributed by atoms with Gasteiger partial charge in [-0.25, -0.2) is 9.07 Å². The summed E-state index contributed by atoms with van der Waals surface area (Å²) in [6, 6.07) is 12.9. The molecule has 1 unspecified atom stereocenters. The highest BCUT2D eigenvalue weighted by atomic mass is 19.1. The number of carbonyl (C=O) groups is 2. The fraction of sp³-hybridized carbons (Fsp3) is 0.200. The zero-order valence-electron chi connectivity index (χ0n) is 14.9. The molecule has 8 heteroatoms. The third-order valence-corrected chi connectivity index (χ3v) is 4.63. The molecule has 28 heavy (non-hydrogen) atoms. The number of carbonyl (C=O) groups excluding carboxylic acids is 2. The van der Waals surface area contributed by atoms with E-state index in [2.05, 4.69) is 20.9 Å². The summed E-state index contributed by atoms with van der Waals surface area (Å²) < 4.78 is 14.5. The maximum atomic E-state index is 13.0. The zero-order valence-corrected chi connectivity index (χ0v) is 14.9. The molecule has 3 aromatic rings. The van der Waals surface area contributed by atoms with Gasteiger partial charge >= 0.3 is 0 Å². The minimum Gasteiger partial charge on any atom is -0.339 e. The molecule has 0 bridgehead atoms. The van der Waals surface area contributed by atoms with Gasteiger partial charge in [-0.2, -0.15) is 0 Å². The predicted octanol–water partition coefficient (Wildman–Crippen LogP) is 2.15. The Bertz CT molecular complexity index is 1020. The molecule has 0 aliphatic carbocycles. The van der Waals surface area contributed by atoms with E-state index in [9.17, 15) is 14.0 Å². The minimum atomic E-state index is -0.651. The Kier molecular flexibility index (Phi) is 4.84. The summed E-state index contributed by atoms with van der Waals surface area (Å²) >= 11 is 0. The van der Waals surface area contributed by atoms with Crippen molar-refractivity contribution in [3.05, 3.63) is 77.4 Å². The summed E-state index contributed by atoms with van der Waals surface area (Å²) in [7, 11) is 0. The number of halogens is 1. The van der Waals surface area contributed by atoms with Crippen molar-refractivity contribution in [1.82, 2.24) is 20.3 Å². The number of anilines is 1. The van der Waals surface area contributed by atoms with E-state index in [1.165, 1.54) is 23.0 Å². The van der Waals surface area contributed by atoms with Crippen LogP contribution in [0.25, 0.3) is 0 Å². The van der Waals surface area contributed by atoms with Gasteiger partial charge in [0, 0.05) is 5.69 Å². The summed E-state index contributed by atoms with van der Waals surface area (Å²) in [5.41, 5.74) is 2.77. The van der Waals surface area contributed by atoms with Crippen LogP contribution in [-0.4, -0.2) is 32.9 Å². The number of aryl methyl sites for hydroxylation is 1. The molecule has 2 aromatic carbocycles. The lowest BCUT2D eigenvalue weighted by atomic mass is 10.1. The summed E-state index contributed by atoms with van der Waals surface area (Å²) in [6.07, 6.45) is 2.68. The molecule has 0 saturated carbocycles. The van der Waals surface area contributed by atoms with Crippen LogP contribution < -0.4 is 10.6 Å². The van der Waals surface area contributed by atoms with Gasteiger partial charge in [0.25, 0.3) is 5.91 Å². The molecule has 1 aliphatic rings. The molecule has 0 spiro atoms. The van der Waals surface area contributed by atoms with Crippen molar-refractivity contribution in [2.45, 2.75) is 25.4 Å². The first-order chi connectivity index (χ1) is 13.6. The molecule has 142 valence electrons. The van der Waals surface area contributed by atoms with E-state index < -0.39 is 11.9 Å². The Morgan fingerprint density at radius 3 is 2.82 bits per heavy atom. The molecule has 7 nitrogen and oxygen atoms in total. The highest BCUT2D eigenvalue weighted by Gasteiger charge is 2.26. The molecule has 2 amide bonds. The molecule has 0 saturated heterocycles. The van der Waals surface area contributed by atoms with Crippen LogP contribution >= 0.6 is 0 Å². The number of benzene rings is 2. The Hall–Kier alpha value is -3.55. The number of hydrogen-bond donors (Lipinski definition) is 2. The van der Waals surface area contributed by atoms with Crippen molar-refractivity contribution >= 4 is 17.5 Å². The van der Waals surface area contributed by atoms with E-state index in [0.717, 1.165) is 16.8 Å². The first-order valence-corrected chi connectivity index (χ1v) is 8.93. The lowest BCUT2D eigenvalue weighted by Gasteiger charge is -2.14. The summed E-state index contributed by atoms with van der Waals surface area (Å²) in [6.45, 7) is 0.361. The number of nitrogens with one attached hydrogen (secondary N) is 2. The normalized spacial score (nSPS) is 16.0. The SMILES string of the molecule is O=C(NC1CCc2ccccc2NC1=O)c1cn(Cc2ccc(F)cc2)nn1. The van der Waals surface area contributed by atoms with E-state index >= 15 is 0 Å². The Labute approximate surface area is 160 Å². The monoisotopic (exact) mass is 379 g/mol. The van der Waals surface area contributed by atoms with Crippen molar-refractivity contribution in [3.63, 3.8) is 0 Å². The zero-order chi connectivity index (χ0) is 19.5. The number of hydrogen-bond acceptors (Lipinski definition) is 4. The molecule has 1 aliphatic heterocycles. The summed E-state index contributed by atoms with van der Waals surface area (Å²) in [5.74, 6) is -1.03. The van der Waals surface area contributed by atoms with Gasteiger partial charge in [-0.05, 0) is 42.2 Å². The third-order valence-electron chi connectivity index (χ3n) is 4.63. The second-order valence-electron chi connectivity index (χ2n) is 6.64. The maximum absolute atomic E-state index is 13.0. The summed E-state index contributed by atoms with van der Waals surface area (Å²) in [4.78, 5) is 24.9. The number of aromatic nitrogens is 3. The standard InChI is InChI=1S/C20H18FN5O2/c21-15-8-5-13(6-9-15)11-26-12-18(24-25-26)20(28)23-17-10-7-14-3-1-2-4-16(14)22-19(17)27/h1-6,8-9,12,17H,7,10-11H2,(H,22,27)(H,23,28). The van der Waals surface area contributed by atoms with Gasteiger partial charge in [0.2, 0.25) is 5.91 Å². The van der Waals surface area contributed by atoms with Crippen LogP contribution in [0.4, 0.5) is 10.1 Å². The molecule has 1 atom stereocenters. The van der Waals surface area contributed by atoms with Crippen LogP contribution in [0.2, 0.25) is 0 Å². The van der Waals surface area contributed by atoms with Gasteiger partial charge in [-0.3, -0.25) is 9.59 Å². The van der Waals surface area contributed by atoms with Crippen LogP contribution in [-0.2, 0) is 17.8 Å². The molecule has 0 fully saturated rings. The van der Waals surface area contributed by atoms with Crippen molar-refractivity contribution in [2.24, 2.45) is 0 Å². The maximum Gasteiger partial charge on any atom is 0.274 e. The lowest BCUT2D eigenvalue weighted by molar-refractivity contribution is -0.118. The van der Waals surface area contributed by atoms with Gasteiger partial charge in [-0.15, -0.1) is 5.10 Å². The number of amides is 2. The fourth-order valence-electron chi connectivity index (χ4n) is 3.14. The van der Waals surface area contributed by atoms with E-state index in [-0.39, 0.29) is 17.4 Å². The first kappa shape index (κ1) is 17.8. The molecular weight excluding hydrogens is 361 g/mol. The van der Waals surface area contributed by atoms with E-state index in [0.29, 0.717) is 19.4 Å². The first-order valence-electron chi connectivity index (χ1n) is 8.93. The highest BCUT2D eigenvalue weighted by Crippen LogP contribution is 2.21. The van der Waals surface area contributed by atoms with Crippen LogP contribution in [0.1, 0.15) is 28.0 Å². The number of fused-ring (bicyclic) bond motifs is 1. The van der Waals surface area contributed by atoms with Crippen molar-refractivity contribution < 1.29 is 14.0 Å². The Morgan fingerprint density at radius 1 is 1.21 bits per heavy atom. The van der Waals surface area contributed by atoms with Crippen LogP contribution in [0.5, 0.6) is 0 Å². The van der Waals surface area contributed by atoms with Crippen molar-refractivity contribution in [1.29, 1.82) is 0 Å². The van der Waals surface area contributed by atoms with Gasteiger partial charge in [0.15, 0.2) is 5.69 Å². The smallest absolute Gasteiger partial charge is 0.274 e. The summed E-state index contributed by atoms with van der Waals surface area (Å²) in [5, 5.41) is 13.4. The average Bonchev–Trinajstić information content (AvgIpc) is 3.10. The lowest BCUT2D eigenvalue weighted by Crippen LogP contribution is -2.43. The third kappa shape index (κ3) is 3.90. The van der Waals surface area contributed by atoms with Crippen molar-refractivity contribution in [2.75, 3.05) is 5.32 Å². The molecule has 2 heterocycles. The van der Waals surface area contributed by atoms with E-state index in [4.69, 9.17) is 0 Å². The van der Waals surface area contributed by atoms with Crippen molar-refractivity contribution in [3.8, 4) is 0 Å². The molecule has 4 rings (SSSR count). The Morgan fingerprint density at radius 2 is 2.00 bits per heavy atom. The average molecular weight is 379 g/mol. The van der Waals surface area contributed by atoms with Crippen LogP contribution in [0, 0.1) is 5.82 Å². The number of nitrogens with zero attached hydrogens (tertiary/aromatic N) is 3. The quantitative estimate of drug-likeness (QED) is 0.727. The number of rotatable bonds is 4. The molecule has 2 N–H and O–H groups in total. The van der Waals surface area contributed by atoms with Gasteiger partial charge < -0.3 is 10.6 Å². The van der Waals surface area contributed by atoms with Gasteiger partial charge in [0.05, 0.1) is 12.7 Å². The van der Waals surface area contributed by atoms with Gasteiger partial charge in [0.1, 0.15) is 11.9 Å². The van der Waals surface area contributed by atoms with Crippen LogP contribution in [0.15, 0.2) is 54.7 Å². The van der Waals surface area contributed by atoms with E-state index in [1.54, 1.807) is 12.1 Å². The highest BCUT2D eigenvalue weighted by molar-refractivity contribution is 6.01. The second kappa shape index (κ2) is 7.59. The topological polar surface area (TPSA) is 88.9 Å². The molecule has 1 aromatic heterocycles. The van der Waals surface area contributed by atoms with Crippen LogP contribution in [0.3, 0.4) is 0 Å². The predicted molar refractivity (Wildman–Crippen MR) is 100 cm³/mol. The molecule has 0 radical (unpaired) electrons. The largest absolute Gasteiger partial charge is 0.339 e. The Balaban J connectivity index is 1.41. The minimum absolute atomic E-state index is 0.122. The number of para-hydroxylation sites is 1. The van der Waals surface area contributed by atoms with E-state index in [1.807, 2.05) is 24.3 Å². The second-order valence-corrected chi connectivity index (χ2v) is 6.64. The molecular formula is C20H18FN5O2. The van der Waals surface area contributed by atoms with Gasteiger partial charge in [-0.1, -0.05) is 35.5 Å².